The van der Waals surface area contributed by atoms with Crippen LogP contribution in [0.4, 0.5) is 5.69 Å². The Hall–Kier alpha value is -3.84. The Labute approximate surface area is 201 Å². The minimum Gasteiger partial charge on any atom is -0.456 e. The number of hydrogen-bond acceptors (Lipinski definition) is 4. The van der Waals surface area contributed by atoms with Gasteiger partial charge in [0.05, 0.1) is 17.1 Å². The van der Waals surface area contributed by atoms with E-state index in [0.29, 0.717) is 40.9 Å². The standard InChI is InChI=1S/C26H23ClN4O3/c1-17-24(27)22(14-15-28-17)34-20-12-10-18(11-13-20)29-25(32)23-21-9-5-6-16-30(21)31(26(23)33)19-7-3-2-4-8-19/h2-4,7-8,10-15H,5-6,9,16H2,1H3,(H,29,32). The molecule has 0 radical (unpaired) electrons. The summed E-state index contributed by atoms with van der Waals surface area (Å²) in [6.45, 7) is 2.51. The summed E-state index contributed by atoms with van der Waals surface area (Å²) in [6, 6.07) is 18.0. The quantitative estimate of drug-likeness (QED) is 0.421. The molecule has 7 nitrogen and oxygen atoms in total. The van der Waals surface area contributed by atoms with Crippen molar-refractivity contribution in [2.24, 2.45) is 0 Å². The normalized spacial score (nSPS) is 12.8. The van der Waals surface area contributed by atoms with E-state index in [0.717, 1.165) is 24.2 Å². The highest BCUT2D eigenvalue weighted by Crippen LogP contribution is 2.31. The molecule has 2 aromatic carbocycles. The average Bonchev–Trinajstić information content (AvgIpc) is 3.15. The number of benzene rings is 2. The predicted molar refractivity (Wildman–Crippen MR) is 131 cm³/mol. The molecule has 0 spiro atoms. The molecule has 0 atom stereocenters. The number of hydrogen-bond donors (Lipinski definition) is 1. The Balaban J connectivity index is 1.40. The summed E-state index contributed by atoms with van der Waals surface area (Å²) in [7, 11) is 0. The molecule has 0 aliphatic carbocycles. The van der Waals surface area contributed by atoms with E-state index in [1.54, 1.807) is 48.1 Å². The first-order chi connectivity index (χ1) is 16.5. The van der Waals surface area contributed by atoms with E-state index >= 15 is 0 Å². The number of nitrogens with zero attached hydrogens (tertiary/aromatic N) is 3. The highest BCUT2D eigenvalue weighted by atomic mass is 35.5. The number of amides is 1. The monoisotopic (exact) mass is 474 g/mol. The Morgan fingerprint density at radius 1 is 1.06 bits per heavy atom. The molecule has 8 heteroatoms. The van der Waals surface area contributed by atoms with E-state index in [1.165, 1.54) is 0 Å². The zero-order valence-electron chi connectivity index (χ0n) is 18.6. The summed E-state index contributed by atoms with van der Waals surface area (Å²) >= 11 is 6.25. The SMILES string of the molecule is Cc1nccc(Oc2ccc(NC(=O)c3c4n(n(-c5ccccc5)c3=O)CCCC4)cc2)c1Cl. The number of carbonyl (C=O) groups is 1. The van der Waals surface area contributed by atoms with Gasteiger partial charge in [0.1, 0.15) is 22.1 Å². The molecule has 0 bridgehead atoms. The van der Waals surface area contributed by atoms with E-state index in [-0.39, 0.29) is 11.1 Å². The molecule has 172 valence electrons. The molecule has 0 unspecified atom stereocenters. The van der Waals surface area contributed by atoms with Gasteiger partial charge in [0.2, 0.25) is 0 Å². The number of anilines is 1. The molecule has 3 heterocycles. The molecule has 4 aromatic rings. The van der Waals surface area contributed by atoms with Gasteiger partial charge in [-0.2, -0.15) is 0 Å². The third kappa shape index (κ3) is 4.10. The van der Waals surface area contributed by atoms with E-state index in [1.807, 2.05) is 35.0 Å². The molecule has 1 aliphatic heterocycles. The van der Waals surface area contributed by atoms with Crippen LogP contribution >= 0.6 is 11.6 Å². The van der Waals surface area contributed by atoms with Gasteiger partial charge >= 0.3 is 0 Å². The van der Waals surface area contributed by atoms with Crippen molar-refractivity contribution in [2.45, 2.75) is 32.7 Å². The Bertz CT molecular complexity index is 1410. The fourth-order valence-electron chi connectivity index (χ4n) is 4.22. The summed E-state index contributed by atoms with van der Waals surface area (Å²) in [5.74, 6) is 0.665. The molecule has 0 fully saturated rings. The maximum Gasteiger partial charge on any atom is 0.284 e. The summed E-state index contributed by atoms with van der Waals surface area (Å²) in [4.78, 5) is 30.7. The first kappa shape index (κ1) is 22.0. The van der Waals surface area contributed by atoms with Crippen LogP contribution in [0.1, 0.15) is 34.6 Å². The van der Waals surface area contributed by atoms with Crippen molar-refractivity contribution >= 4 is 23.2 Å². The lowest BCUT2D eigenvalue weighted by atomic mass is 10.1. The predicted octanol–water partition coefficient (Wildman–Crippen LogP) is 5.38. The average molecular weight is 475 g/mol. The van der Waals surface area contributed by atoms with Gasteiger partial charge in [-0.25, -0.2) is 4.68 Å². The minimum atomic E-state index is -0.410. The highest BCUT2D eigenvalue weighted by molar-refractivity contribution is 6.32. The van der Waals surface area contributed by atoms with Crippen molar-refractivity contribution in [2.75, 3.05) is 5.32 Å². The van der Waals surface area contributed by atoms with Gasteiger partial charge in [-0.15, -0.1) is 0 Å². The van der Waals surface area contributed by atoms with E-state index in [2.05, 4.69) is 10.3 Å². The largest absolute Gasteiger partial charge is 0.456 e. The van der Waals surface area contributed by atoms with Crippen LogP contribution in [0.2, 0.25) is 5.02 Å². The van der Waals surface area contributed by atoms with Crippen molar-refractivity contribution < 1.29 is 9.53 Å². The van der Waals surface area contributed by atoms with Gasteiger partial charge in [0, 0.05) is 24.5 Å². The minimum absolute atomic E-state index is 0.197. The van der Waals surface area contributed by atoms with Gasteiger partial charge in [-0.1, -0.05) is 29.8 Å². The second kappa shape index (κ2) is 9.19. The second-order valence-corrected chi connectivity index (χ2v) is 8.52. The van der Waals surface area contributed by atoms with Crippen molar-refractivity contribution in [1.29, 1.82) is 0 Å². The fourth-order valence-corrected chi connectivity index (χ4v) is 4.37. The number of carbonyl (C=O) groups excluding carboxylic acids is 1. The molecule has 0 saturated carbocycles. The van der Waals surface area contributed by atoms with Crippen LogP contribution in [-0.2, 0) is 13.0 Å². The zero-order valence-corrected chi connectivity index (χ0v) is 19.4. The van der Waals surface area contributed by atoms with Gasteiger partial charge < -0.3 is 10.1 Å². The van der Waals surface area contributed by atoms with Gasteiger partial charge in [0.15, 0.2) is 0 Å². The molecule has 34 heavy (non-hydrogen) atoms. The summed E-state index contributed by atoms with van der Waals surface area (Å²) in [6.07, 6.45) is 4.24. The van der Waals surface area contributed by atoms with Crippen LogP contribution in [0.5, 0.6) is 11.5 Å². The lowest BCUT2D eigenvalue weighted by Gasteiger charge is -2.19. The number of aryl methyl sites for hydroxylation is 1. The first-order valence-corrected chi connectivity index (χ1v) is 11.5. The molecular weight excluding hydrogens is 452 g/mol. The number of para-hydroxylation sites is 1. The molecular formula is C26H23ClN4O3. The first-order valence-electron chi connectivity index (χ1n) is 11.1. The van der Waals surface area contributed by atoms with Crippen molar-refractivity contribution in [3.63, 3.8) is 0 Å². The van der Waals surface area contributed by atoms with Crippen LogP contribution in [-0.4, -0.2) is 20.3 Å². The summed E-state index contributed by atoms with van der Waals surface area (Å²) < 4.78 is 9.39. The second-order valence-electron chi connectivity index (χ2n) is 8.14. The lowest BCUT2D eigenvalue weighted by molar-refractivity contribution is 0.102. The van der Waals surface area contributed by atoms with Crippen LogP contribution < -0.4 is 15.6 Å². The number of aromatic nitrogens is 3. The molecule has 0 saturated heterocycles. The van der Waals surface area contributed by atoms with Gasteiger partial charge in [0.25, 0.3) is 11.5 Å². The van der Waals surface area contributed by atoms with Crippen LogP contribution in [0.3, 0.4) is 0 Å². The van der Waals surface area contributed by atoms with Crippen LogP contribution in [0.25, 0.3) is 5.69 Å². The topological polar surface area (TPSA) is 78.2 Å². The Kier molecular flexibility index (Phi) is 5.94. The third-order valence-corrected chi connectivity index (χ3v) is 6.34. The third-order valence-electron chi connectivity index (χ3n) is 5.88. The molecule has 5 rings (SSSR count). The smallest absolute Gasteiger partial charge is 0.284 e. The van der Waals surface area contributed by atoms with E-state index in [4.69, 9.17) is 16.3 Å². The number of nitrogens with one attached hydrogen (secondary N) is 1. The molecule has 2 aromatic heterocycles. The number of halogens is 1. The van der Waals surface area contributed by atoms with Crippen molar-refractivity contribution in [1.82, 2.24) is 14.3 Å². The van der Waals surface area contributed by atoms with E-state index in [9.17, 15) is 9.59 Å². The van der Waals surface area contributed by atoms with Crippen LogP contribution in [0, 0.1) is 6.92 Å². The fraction of sp³-hybridized carbons (Fsp3) is 0.192. The highest BCUT2D eigenvalue weighted by Gasteiger charge is 2.27. The zero-order chi connectivity index (χ0) is 23.7. The van der Waals surface area contributed by atoms with Crippen LogP contribution in [0.15, 0.2) is 71.7 Å². The maximum absolute atomic E-state index is 13.3. The Morgan fingerprint density at radius 3 is 2.59 bits per heavy atom. The number of fused-ring (bicyclic) bond motifs is 1. The van der Waals surface area contributed by atoms with E-state index < -0.39 is 5.91 Å². The van der Waals surface area contributed by atoms with Gasteiger partial charge in [-0.3, -0.25) is 19.3 Å². The molecule has 1 N–H and O–H groups in total. The van der Waals surface area contributed by atoms with Gasteiger partial charge in [-0.05, 0) is 62.6 Å². The molecule has 1 aliphatic rings. The number of rotatable bonds is 5. The van der Waals surface area contributed by atoms with Crippen molar-refractivity contribution in [3.8, 4) is 17.2 Å². The molecule has 1 amide bonds. The number of ether oxygens (including phenoxy) is 1. The maximum atomic E-state index is 13.3. The summed E-state index contributed by atoms with van der Waals surface area (Å²) in [5.41, 5.74) is 2.67. The Morgan fingerprint density at radius 2 is 1.82 bits per heavy atom. The summed E-state index contributed by atoms with van der Waals surface area (Å²) in [5, 5.41) is 3.32. The number of pyridine rings is 1. The van der Waals surface area contributed by atoms with Crippen molar-refractivity contribution in [3.05, 3.63) is 99.2 Å². The lowest BCUT2D eigenvalue weighted by Crippen LogP contribution is -2.25.